The summed E-state index contributed by atoms with van der Waals surface area (Å²) >= 11 is 0. The van der Waals surface area contributed by atoms with Crippen LogP contribution < -0.4 is 16.2 Å². The summed E-state index contributed by atoms with van der Waals surface area (Å²) in [6, 6.07) is 16.3. The summed E-state index contributed by atoms with van der Waals surface area (Å²) in [7, 11) is 0. The van der Waals surface area contributed by atoms with Crippen LogP contribution in [0.4, 0.5) is 20.2 Å². The number of rotatable bonds is 1. The number of aromatic nitrogens is 1. The number of fused-ring (bicyclic) bond motifs is 5. The third kappa shape index (κ3) is 2.41. The molecule has 0 bridgehead atoms. The number of nitrogens with two attached hydrogens (primary N) is 2. The fourth-order valence-corrected chi connectivity index (χ4v) is 3.67. The number of ether oxygens (including phenoxy) is 1. The molecule has 5 rings (SSSR count). The van der Waals surface area contributed by atoms with E-state index in [4.69, 9.17) is 16.2 Å². The van der Waals surface area contributed by atoms with Gasteiger partial charge in [-0.3, -0.25) is 0 Å². The molecule has 1 atom stereocenters. The van der Waals surface area contributed by atoms with Crippen molar-refractivity contribution >= 4 is 22.3 Å². The molecule has 0 unspecified atom stereocenters. The predicted octanol–water partition coefficient (Wildman–Crippen LogP) is 4.69. The molecule has 2 heterocycles. The van der Waals surface area contributed by atoms with Crippen molar-refractivity contribution in [2.24, 2.45) is 0 Å². The number of hydrogen-bond donors (Lipinski definition) is 2. The first-order chi connectivity index (χ1) is 13.0. The zero-order chi connectivity index (χ0) is 18.7. The molecule has 1 aliphatic heterocycles. The topological polar surface area (TPSA) is 66.2 Å². The third-order valence-corrected chi connectivity index (χ3v) is 4.79. The highest BCUT2D eigenvalue weighted by Gasteiger charge is 2.29. The molecule has 0 radical (unpaired) electrons. The average Bonchev–Trinajstić information content (AvgIpc) is 2.98. The van der Waals surface area contributed by atoms with Gasteiger partial charge in [0.15, 0.2) is 0 Å². The van der Waals surface area contributed by atoms with Gasteiger partial charge in [-0.25, -0.2) is 8.78 Å². The van der Waals surface area contributed by atoms with E-state index in [0.29, 0.717) is 22.7 Å². The van der Waals surface area contributed by atoms with Gasteiger partial charge in [-0.1, -0.05) is 0 Å². The summed E-state index contributed by atoms with van der Waals surface area (Å²) in [5.41, 5.74) is 16.0. The molecule has 27 heavy (non-hydrogen) atoms. The van der Waals surface area contributed by atoms with E-state index in [1.807, 2.05) is 28.8 Å². The summed E-state index contributed by atoms with van der Waals surface area (Å²) in [6.07, 6.45) is -0.736. The summed E-state index contributed by atoms with van der Waals surface area (Å²) < 4.78 is 35.8. The molecular weight excluding hydrogens is 348 g/mol. The van der Waals surface area contributed by atoms with Gasteiger partial charge in [0, 0.05) is 40.0 Å². The Hall–Kier alpha value is -3.54. The lowest BCUT2D eigenvalue weighted by Crippen LogP contribution is -2.22. The number of nitrogen functional groups attached to an aromatic ring is 2. The lowest BCUT2D eigenvalue weighted by Gasteiger charge is -2.30. The predicted molar refractivity (Wildman–Crippen MR) is 101 cm³/mol. The maximum absolute atomic E-state index is 13.9. The highest BCUT2D eigenvalue weighted by atomic mass is 19.1. The number of anilines is 2. The molecule has 1 aromatic heterocycles. The van der Waals surface area contributed by atoms with Crippen molar-refractivity contribution in [3.63, 3.8) is 0 Å². The fourth-order valence-electron chi connectivity index (χ4n) is 3.67. The zero-order valence-corrected chi connectivity index (χ0v) is 14.1. The minimum Gasteiger partial charge on any atom is -0.465 e. The summed E-state index contributed by atoms with van der Waals surface area (Å²) in [5, 5.41) is 0.917. The summed E-state index contributed by atoms with van der Waals surface area (Å²) in [5.74, 6) is -0.753. The smallest absolute Gasteiger partial charge is 0.203 e. The average molecular weight is 363 g/mol. The van der Waals surface area contributed by atoms with E-state index in [0.717, 1.165) is 28.2 Å². The number of benzene rings is 3. The van der Waals surface area contributed by atoms with Crippen molar-refractivity contribution in [2.75, 3.05) is 11.5 Å². The van der Waals surface area contributed by atoms with Gasteiger partial charge in [-0.15, -0.1) is 0 Å². The largest absolute Gasteiger partial charge is 0.465 e. The first-order valence-electron chi connectivity index (χ1n) is 8.42. The molecule has 0 spiro atoms. The van der Waals surface area contributed by atoms with E-state index >= 15 is 0 Å². The second-order valence-corrected chi connectivity index (χ2v) is 6.65. The van der Waals surface area contributed by atoms with Crippen LogP contribution in [0, 0.1) is 11.6 Å². The Morgan fingerprint density at radius 3 is 2.30 bits per heavy atom. The Morgan fingerprint density at radius 2 is 1.52 bits per heavy atom. The summed E-state index contributed by atoms with van der Waals surface area (Å²) in [6.45, 7) is 0. The van der Waals surface area contributed by atoms with Gasteiger partial charge in [0.05, 0.1) is 11.2 Å². The Balaban J connectivity index is 1.83. The number of nitrogens with zero attached hydrogens (tertiary/aromatic N) is 1. The maximum Gasteiger partial charge on any atom is 0.203 e. The Bertz CT molecular complexity index is 1200. The Labute approximate surface area is 153 Å². The van der Waals surface area contributed by atoms with Crippen LogP contribution in [0.5, 0.6) is 5.75 Å². The third-order valence-electron chi connectivity index (χ3n) is 4.79. The standard InChI is InChI=1S/C21H15F2N3O/c22-13-5-12(6-14(23)9-13)21-26-18-4-2-15(24)7-11(18)8-19(26)17-3-1-16(25)10-20(17)27-21/h1-10,21H,24-25H2/t21-/m0/s1. The molecule has 1 aliphatic rings. The van der Waals surface area contributed by atoms with Gasteiger partial charge >= 0.3 is 0 Å². The minimum atomic E-state index is -0.736. The highest BCUT2D eigenvalue weighted by Crippen LogP contribution is 2.45. The molecule has 134 valence electrons. The van der Waals surface area contributed by atoms with Gasteiger partial charge in [-0.05, 0) is 48.5 Å². The lowest BCUT2D eigenvalue weighted by molar-refractivity contribution is 0.172. The van der Waals surface area contributed by atoms with Crippen LogP contribution in [0.3, 0.4) is 0 Å². The van der Waals surface area contributed by atoms with Crippen molar-refractivity contribution in [2.45, 2.75) is 6.23 Å². The van der Waals surface area contributed by atoms with Crippen LogP contribution in [0.2, 0.25) is 0 Å². The SMILES string of the molecule is Nc1ccc2c(c1)O[C@@H](c1cc(F)cc(F)c1)n1c-2cc2cc(N)ccc21. The molecule has 4 nitrogen and oxygen atoms in total. The van der Waals surface area contributed by atoms with Crippen LogP contribution in [0.25, 0.3) is 22.2 Å². The molecular formula is C21H15F2N3O. The van der Waals surface area contributed by atoms with Gasteiger partial charge in [0.25, 0.3) is 0 Å². The van der Waals surface area contributed by atoms with Crippen molar-refractivity contribution in [3.05, 3.63) is 77.9 Å². The number of halogens is 2. The Kier molecular flexibility index (Phi) is 3.18. The van der Waals surface area contributed by atoms with Crippen molar-refractivity contribution in [1.82, 2.24) is 4.57 Å². The van der Waals surface area contributed by atoms with Gasteiger partial charge in [-0.2, -0.15) is 0 Å². The van der Waals surface area contributed by atoms with Crippen LogP contribution in [-0.2, 0) is 0 Å². The van der Waals surface area contributed by atoms with E-state index < -0.39 is 17.9 Å². The quantitative estimate of drug-likeness (QED) is 0.482. The second-order valence-electron chi connectivity index (χ2n) is 6.65. The highest BCUT2D eigenvalue weighted by molar-refractivity contribution is 5.91. The molecule has 0 fully saturated rings. The summed E-state index contributed by atoms with van der Waals surface area (Å²) in [4.78, 5) is 0. The fraction of sp³-hybridized carbons (Fsp3) is 0.0476. The monoisotopic (exact) mass is 363 g/mol. The molecule has 0 saturated carbocycles. The molecule has 3 aromatic carbocycles. The molecule has 4 aromatic rings. The first kappa shape index (κ1) is 15.7. The molecule has 0 amide bonds. The van der Waals surface area contributed by atoms with Crippen LogP contribution in [0.1, 0.15) is 11.8 Å². The Morgan fingerprint density at radius 1 is 0.815 bits per heavy atom. The van der Waals surface area contributed by atoms with E-state index in [2.05, 4.69) is 0 Å². The van der Waals surface area contributed by atoms with Gasteiger partial charge in [0.2, 0.25) is 6.23 Å². The van der Waals surface area contributed by atoms with Crippen molar-refractivity contribution < 1.29 is 13.5 Å². The second kappa shape index (κ2) is 5.48. The van der Waals surface area contributed by atoms with Crippen molar-refractivity contribution in [3.8, 4) is 17.0 Å². The lowest BCUT2D eigenvalue weighted by atomic mass is 10.1. The zero-order valence-electron chi connectivity index (χ0n) is 14.1. The van der Waals surface area contributed by atoms with E-state index in [-0.39, 0.29) is 0 Å². The van der Waals surface area contributed by atoms with Crippen molar-refractivity contribution in [1.29, 1.82) is 0 Å². The maximum atomic E-state index is 13.9. The number of hydrogen-bond acceptors (Lipinski definition) is 3. The first-order valence-corrected chi connectivity index (χ1v) is 8.42. The molecule has 0 saturated heterocycles. The van der Waals surface area contributed by atoms with E-state index in [9.17, 15) is 8.78 Å². The van der Waals surface area contributed by atoms with Crippen LogP contribution in [0.15, 0.2) is 60.7 Å². The van der Waals surface area contributed by atoms with E-state index in [1.54, 1.807) is 18.2 Å². The van der Waals surface area contributed by atoms with Crippen LogP contribution >= 0.6 is 0 Å². The molecule has 4 N–H and O–H groups in total. The van der Waals surface area contributed by atoms with Gasteiger partial charge in [0.1, 0.15) is 17.4 Å². The van der Waals surface area contributed by atoms with E-state index in [1.165, 1.54) is 12.1 Å². The normalized spacial score (nSPS) is 15.3. The minimum absolute atomic E-state index is 0.371. The van der Waals surface area contributed by atoms with Gasteiger partial charge < -0.3 is 20.8 Å². The van der Waals surface area contributed by atoms with Crippen LogP contribution in [-0.4, -0.2) is 4.57 Å². The molecule has 0 aliphatic carbocycles. The molecule has 6 heteroatoms.